The van der Waals surface area contributed by atoms with Crippen LogP contribution in [-0.4, -0.2) is 28.2 Å². The van der Waals surface area contributed by atoms with E-state index >= 15 is 0 Å². The molecule has 0 aliphatic carbocycles. The van der Waals surface area contributed by atoms with Crippen molar-refractivity contribution in [3.05, 3.63) is 46.5 Å². The van der Waals surface area contributed by atoms with Crippen LogP contribution in [0.1, 0.15) is 22.3 Å². The first kappa shape index (κ1) is 15.9. The molecule has 0 bridgehead atoms. The first-order chi connectivity index (χ1) is 10.9. The number of hydrogen-bond donors (Lipinski definition) is 0. The average molecular weight is 310 g/mol. The lowest BCUT2D eigenvalue weighted by molar-refractivity contribution is 0.110. The third kappa shape index (κ3) is 2.81. The van der Waals surface area contributed by atoms with E-state index in [0.29, 0.717) is 13.2 Å². The topological polar surface area (TPSA) is 15.7 Å². The highest BCUT2D eigenvalue weighted by molar-refractivity contribution is 5.81. The summed E-state index contributed by atoms with van der Waals surface area (Å²) >= 11 is 0. The Morgan fingerprint density at radius 2 is 1.09 bits per heavy atom. The fourth-order valence-electron chi connectivity index (χ4n) is 3.41. The molecule has 1 aliphatic rings. The molecule has 0 saturated carbocycles. The fraction of sp³-hybridized carbons (Fsp3) is 0.400. The van der Waals surface area contributed by atoms with E-state index in [1.807, 2.05) is 0 Å². The van der Waals surface area contributed by atoms with Crippen LogP contribution in [0.5, 0.6) is 0 Å². The summed E-state index contributed by atoms with van der Waals surface area (Å²) in [6.07, 6.45) is 0. The number of aryl methyl sites for hydroxylation is 2. The molecule has 2 aromatic rings. The van der Waals surface area contributed by atoms with Crippen molar-refractivity contribution >= 4 is 11.4 Å². The van der Waals surface area contributed by atoms with E-state index in [4.69, 9.17) is 4.74 Å². The molecule has 3 rings (SSSR count). The number of fused-ring (bicyclic) bond motifs is 3. The SMILES string of the molecule is Cc1cc(N(C)C)cc2c1-c1c(C)cc(N(C)C)cc1COC2. The van der Waals surface area contributed by atoms with Crippen molar-refractivity contribution in [2.75, 3.05) is 38.0 Å². The van der Waals surface area contributed by atoms with Crippen molar-refractivity contribution < 1.29 is 4.74 Å². The van der Waals surface area contributed by atoms with Crippen molar-refractivity contribution in [2.45, 2.75) is 27.1 Å². The molecule has 1 aliphatic heterocycles. The summed E-state index contributed by atoms with van der Waals surface area (Å²) in [6.45, 7) is 5.76. The van der Waals surface area contributed by atoms with Gasteiger partial charge < -0.3 is 14.5 Å². The van der Waals surface area contributed by atoms with Crippen LogP contribution in [0.25, 0.3) is 11.1 Å². The van der Waals surface area contributed by atoms with Gasteiger partial charge in [-0.25, -0.2) is 0 Å². The van der Waals surface area contributed by atoms with E-state index in [1.165, 1.54) is 44.8 Å². The lowest BCUT2D eigenvalue weighted by Gasteiger charge is -2.21. The molecule has 2 aromatic carbocycles. The van der Waals surface area contributed by atoms with Gasteiger partial charge in [-0.1, -0.05) is 0 Å². The van der Waals surface area contributed by atoms with Crippen LogP contribution in [0.15, 0.2) is 24.3 Å². The summed E-state index contributed by atoms with van der Waals surface area (Å²) in [7, 11) is 8.34. The van der Waals surface area contributed by atoms with Gasteiger partial charge in [-0.05, 0) is 71.5 Å². The van der Waals surface area contributed by atoms with Crippen LogP contribution in [0.4, 0.5) is 11.4 Å². The maximum atomic E-state index is 5.99. The summed E-state index contributed by atoms with van der Waals surface area (Å²) in [4.78, 5) is 4.31. The molecular formula is C20H26N2O. The largest absolute Gasteiger partial charge is 0.378 e. The van der Waals surface area contributed by atoms with Gasteiger partial charge in [-0.3, -0.25) is 0 Å². The van der Waals surface area contributed by atoms with Gasteiger partial charge in [-0.15, -0.1) is 0 Å². The molecular weight excluding hydrogens is 284 g/mol. The first-order valence-electron chi connectivity index (χ1n) is 8.08. The van der Waals surface area contributed by atoms with Gasteiger partial charge in [0, 0.05) is 39.6 Å². The average Bonchev–Trinajstić information content (AvgIpc) is 2.66. The van der Waals surface area contributed by atoms with Gasteiger partial charge in [0.15, 0.2) is 0 Å². The van der Waals surface area contributed by atoms with Crippen molar-refractivity contribution in [3.63, 3.8) is 0 Å². The molecule has 0 radical (unpaired) electrons. The van der Waals surface area contributed by atoms with Gasteiger partial charge in [0.2, 0.25) is 0 Å². The van der Waals surface area contributed by atoms with Crippen LogP contribution in [-0.2, 0) is 18.0 Å². The summed E-state index contributed by atoms with van der Waals surface area (Å²) in [5.74, 6) is 0. The number of benzene rings is 2. The Balaban J connectivity index is 2.26. The molecule has 23 heavy (non-hydrogen) atoms. The lowest BCUT2D eigenvalue weighted by Crippen LogP contribution is -2.11. The Kier molecular flexibility index (Phi) is 4.07. The highest BCUT2D eigenvalue weighted by atomic mass is 16.5. The van der Waals surface area contributed by atoms with Crippen LogP contribution in [0.3, 0.4) is 0 Å². The number of nitrogens with zero attached hydrogens (tertiary/aromatic N) is 2. The monoisotopic (exact) mass is 310 g/mol. The Morgan fingerprint density at radius 1 is 0.696 bits per heavy atom. The van der Waals surface area contributed by atoms with Crippen molar-refractivity contribution in [1.82, 2.24) is 0 Å². The Morgan fingerprint density at radius 3 is 1.43 bits per heavy atom. The van der Waals surface area contributed by atoms with Gasteiger partial charge in [0.25, 0.3) is 0 Å². The van der Waals surface area contributed by atoms with Crippen LogP contribution in [0, 0.1) is 13.8 Å². The van der Waals surface area contributed by atoms with Crippen molar-refractivity contribution in [2.24, 2.45) is 0 Å². The number of ether oxygens (including phenoxy) is 1. The molecule has 0 fully saturated rings. The predicted molar refractivity (Wildman–Crippen MR) is 98.5 cm³/mol. The minimum atomic E-state index is 0.670. The molecule has 0 spiro atoms. The zero-order chi connectivity index (χ0) is 16.7. The van der Waals surface area contributed by atoms with E-state index in [0.717, 1.165) is 0 Å². The zero-order valence-electron chi connectivity index (χ0n) is 15.0. The Labute approximate surface area is 139 Å². The van der Waals surface area contributed by atoms with Crippen molar-refractivity contribution in [3.8, 4) is 11.1 Å². The molecule has 3 heteroatoms. The van der Waals surface area contributed by atoms with E-state index in [-0.39, 0.29) is 0 Å². The second kappa shape index (κ2) is 5.89. The number of hydrogen-bond acceptors (Lipinski definition) is 3. The number of anilines is 2. The minimum Gasteiger partial charge on any atom is -0.378 e. The summed E-state index contributed by atoms with van der Waals surface area (Å²) in [5.41, 5.74) is 10.4. The van der Waals surface area contributed by atoms with Gasteiger partial charge in [0.05, 0.1) is 13.2 Å². The van der Waals surface area contributed by atoms with Crippen LogP contribution >= 0.6 is 0 Å². The third-order valence-corrected chi connectivity index (χ3v) is 4.60. The van der Waals surface area contributed by atoms with E-state index < -0.39 is 0 Å². The maximum absolute atomic E-state index is 5.99. The second-order valence-electron chi connectivity index (χ2n) is 6.88. The number of rotatable bonds is 2. The lowest BCUT2D eigenvalue weighted by atomic mass is 9.88. The molecule has 3 nitrogen and oxygen atoms in total. The molecule has 0 unspecified atom stereocenters. The molecule has 0 N–H and O–H groups in total. The molecule has 0 amide bonds. The molecule has 0 aromatic heterocycles. The van der Waals surface area contributed by atoms with Gasteiger partial charge in [-0.2, -0.15) is 0 Å². The van der Waals surface area contributed by atoms with Crippen molar-refractivity contribution in [1.29, 1.82) is 0 Å². The van der Waals surface area contributed by atoms with E-state index in [9.17, 15) is 0 Å². The van der Waals surface area contributed by atoms with E-state index in [1.54, 1.807) is 0 Å². The maximum Gasteiger partial charge on any atom is 0.0728 e. The summed E-state index contributed by atoms with van der Waals surface area (Å²) in [5, 5.41) is 0. The third-order valence-electron chi connectivity index (χ3n) is 4.60. The normalized spacial score (nSPS) is 13.1. The predicted octanol–water partition coefficient (Wildman–Crippen LogP) is 4.13. The smallest absolute Gasteiger partial charge is 0.0728 e. The standard InChI is InChI=1S/C20H26N2O/c1-13-7-17(21(3)4)9-15-11-23-12-16-10-18(22(5)6)8-14(2)20(16)19(13)15/h7-10H,11-12H2,1-6H3. The molecule has 122 valence electrons. The molecule has 0 atom stereocenters. The van der Waals surface area contributed by atoms with Gasteiger partial charge in [0.1, 0.15) is 0 Å². The zero-order valence-corrected chi connectivity index (χ0v) is 15.0. The highest BCUT2D eigenvalue weighted by Gasteiger charge is 2.21. The van der Waals surface area contributed by atoms with Gasteiger partial charge >= 0.3 is 0 Å². The summed E-state index contributed by atoms with van der Waals surface area (Å²) < 4.78 is 5.99. The Hall–Kier alpha value is -2.00. The highest BCUT2D eigenvalue weighted by Crippen LogP contribution is 2.40. The minimum absolute atomic E-state index is 0.670. The fourth-order valence-corrected chi connectivity index (χ4v) is 3.41. The summed E-state index contributed by atoms with van der Waals surface area (Å²) in [6, 6.07) is 9.06. The first-order valence-corrected chi connectivity index (χ1v) is 8.08. The second-order valence-corrected chi connectivity index (χ2v) is 6.88. The molecule has 0 saturated heterocycles. The van der Waals surface area contributed by atoms with Crippen LogP contribution < -0.4 is 9.80 Å². The molecule has 1 heterocycles. The van der Waals surface area contributed by atoms with Crippen LogP contribution in [0.2, 0.25) is 0 Å². The van der Waals surface area contributed by atoms with E-state index in [2.05, 4.69) is 76.1 Å². The Bertz CT molecular complexity index is 684. The quantitative estimate of drug-likeness (QED) is 0.829.